The minimum absolute atomic E-state index is 0.482. The second-order valence-electron chi connectivity index (χ2n) is 3.14. The molecule has 1 unspecified atom stereocenters. The highest BCUT2D eigenvalue weighted by molar-refractivity contribution is 7.99. The van der Waals surface area contributed by atoms with Crippen LogP contribution in [0.3, 0.4) is 0 Å². The van der Waals surface area contributed by atoms with Crippen LogP contribution in [0.1, 0.15) is 24.7 Å². The highest BCUT2D eigenvalue weighted by atomic mass is 32.2. The van der Waals surface area contributed by atoms with Crippen LogP contribution in [0.25, 0.3) is 0 Å². The predicted molar refractivity (Wildman–Crippen MR) is 52.5 cm³/mol. The Hall–Kier alpha value is -0.950. The standard InChI is InChI=1S/C9H11N3S/c10-6-9-11-3-4-12(9)8-2-1-5-13-7-8/h3-4,8H,1-2,5,7H2. The first kappa shape index (κ1) is 8.64. The fourth-order valence-electron chi connectivity index (χ4n) is 1.64. The largest absolute Gasteiger partial charge is 0.319 e. The maximum Gasteiger partial charge on any atom is 0.212 e. The van der Waals surface area contributed by atoms with Gasteiger partial charge in [-0.1, -0.05) is 0 Å². The number of nitrogens with zero attached hydrogens (tertiary/aromatic N) is 3. The Balaban J connectivity index is 2.19. The third-order valence-corrected chi connectivity index (χ3v) is 3.50. The number of imidazole rings is 1. The molecule has 0 N–H and O–H groups in total. The van der Waals surface area contributed by atoms with Crippen LogP contribution in [-0.2, 0) is 0 Å². The summed E-state index contributed by atoms with van der Waals surface area (Å²) in [6, 6.07) is 2.60. The van der Waals surface area contributed by atoms with Crippen molar-refractivity contribution in [1.82, 2.24) is 9.55 Å². The van der Waals surface area contributed by atoms with Gasteiger partial charge in [-0.05, 0) is 18.6 Å². The Kier molecular flexibility index (Phi) is 2.55. The van der Waals surface area contributed by atoms with E-state index in [0.29, 0.717) is 11.9 Å². The first-order valence-electron chi connectivity index (χ1n) is 4.42. The third-order valence-electron chi connectivity index (χ3n) is 2.30. The summed E-state index contributed by atoms with van der Waals surface area (Å²) in [6.45, 7) is 0. The minimum Gasteiger partial charge on any atom is -0.319 e. The minimum atomic E-state index is 0.482. The van der Waals surface area contributed by atoms with E-state index in [4.69, 9.17) is 5.26 Å². The second-order valence-corrected chi connectivity index (χ2v) is 4.29. The summed E-state index contributed by atoms with van der Waals surface area (Å²) in [6.07, 6.45) is 6.04. The number of rotatable bonds is 1. The average molecular weight is 193 g/mol. The zero-order valence-electron chi connectivity index (χ0n) is 7.31. The molecule has 1 atom stereocenters. The molecule has 0 aliphatic carbocycles. The molecule has 1 aromatic rings. The highest BCUT2D eigenvalue weighted by Crippen LogP contribution is 2.27. The molecule has 0 spiro atoms. The summed E-state index contributed by atoms with van der Waals surface area (Å²) in [5.41, 5.74) is 0. The van der Waals surface area contributed by atoms with Gasteiger partial charge in [-0.2, -0.15) is 17.0 Å². The third kappa shape index (κ3) is 1.70. The fourth-order valence-corrected chi connectivity index (χ4v) is 2.77. The van der Waals surface area contributed by atoms with Crippen molar-refractivity contribution in [3.05, 3.63) is 18.2 Å². The van der Waals surface area contributed by atoms with E-state index in [1.165, 1.54) is 18.6 Å². The molecule has 2 heterocycles. The van der Waals surface area contributed by atoms with Gasteiger partial charge >= 0.3 is 0 Å². The molecule has 0 radical (unpaired) electrons. The molecule has 0 amide bonds. The molecule has 0 saturated carbocycles. The molecule has 2 rings (SSSR count). The average Bonchev–Trinajstić information content (AvgIpc) is 2.67. The monoisotopic (exact) mass is 193 g/mol. The zero-order chi connectivity index (χ0) is 9.10. The van der Waals surface area contributed by atoms with Crippen molar-refractivity contribution < 1.29 is 0 Å². The van der Waals surface area contributed by atoms with Gasteiger partial charge in [0.25, 0.3) is 0 Å². The van der Waals surface area contributed by atoms with Gasteiger partial charge in [0.15, 0.2) is 0 Å². The van der Waals surface area contributed by atoms with E-state index in [1.54, 1.807) is 6.20 Å². The Bertz CT molecular complexity index is 320. The van der Waals surface area contributed by atoms with Crippen LogP contribution in [0, 0.1) is 11.3 Å². The summed E-state index contributed by atoms with van der Waals surface area (Å²) < 4.78 is 2.01. The maximum absolute atomic E-state index is 8.80. The first-order valence-corrected chi connectivity index (χ1v) is 5.58. The molecule has 68 valence electrons. The van der Waals surface area contributed by atoms with Gasteiger partial charge in [-0.15, -0.1) is 0 Å². The second kappa shape index (κ2) is 3.84. The normalized spacial score (nSPS) is 22.5. The van der Waals surface area contributed by atoms with Gasteiger partial charge in [-0.3, -0.25) is 0 Å². The lowest BCUT2D eigenvalue weighted by Crippen LogP contribution is -2.16. The topological polar surface area (TPSA) is 41.6 Å². The van der Waals surface area contributed by atoms with Crippen LogP contribution < -0.4 is 0 Å². The summed E-state index contributed by atoms with van der Waals surface area (Å²) in [7, 11) is 0. The van der Waals surface area contributed by atoms with E-state index in [1.807, 2.05) is 22.5 Å². The Morgan fingerprint density at radius 2 is 2.62 bits per heavy atom. The van der Waals surface area contributed by atoms with Crippen LogP contribution in [-0.4, -0.2) is 21.1 Å². The lowest BCUT2D eigenvalue weighted by molar-refractivity contribution is 0.495. The quantitative estimate of drug-likeness (QED) is 0.683. The summed E-state index contributed by atoms with van der Waals surface area (Å²) in [5.74, 6) is 2.92. The zero-order valence-corrected chi connectivity index (χ0v) is 8.13. The number of thioether (sulfide) groups is 1. The molecule has 1 aliphatic rings. The highest BCUT2D eigenvalue weighted by Gasteiger charge is 2.17. The lowest BCUT2D eigenvalue weighted by atomic mass is 10.2. The van der Waals surface area contributed by atoms with E-state index in [2.05, 4.69) is 11.1 Å². The first-order chi connectivity index (χ1) is 6.42. The number of aromatic nitrogens is 2. The van der Waals surface area contributed by atoms with Crippen molar-refractivity contribution in [3.8, 4) is 6.07 Å². The van der Waals surface area contributed by atoms with Crippen molar-refractivity contribution in [1.29, 1.82) is 5.26 Å². The van der Waals surface area contributed by atoms with Crippen molar-refractivity contribution in [2.75, 3.05) is 11.5 Å². The molecule has 0 bridgehead atoms. The van der Waals surface area contributed by atoms with E-state index in [9.17, 15) is 0 Å². The van der Waals surface area contributed by atoms with Crippen molar-refractivity contribution in [2.45, 2.75) is 18.9 Å². The van der Waals surface area contributed by atoms with Crippen LogP contribution >= 0.6 is 11.8 Å². The Morgan fingerprint density at radius 1 is 1.69 bits per heavy atom. The number of nitriles is 1. The van der Waals surface area contributed by atoms with Crippen molar-refractivity contribution >= 4 is 11.8 Å². The summed E-state index contributed by atoms with van der Waals surface area (Å²) in [5, 5.41) is 8.80. The Labute approximate surface area is 81.8 Å². The van der Waals surface area contributed by atoms with Gasteiger partial charge in [0.05, 0.1) is 0 Å². The molecule has 1 saturated heterocycles. The molecule has 0 aromatic carbocycles. The lowest BCUT2D eigenvalue weighted by Gasteiger charge is -2.22. The summed E-state index contributed by atoms with van der Waals surface area (Å²) >= 11 is 1.96. The number of hydrogen-bond donors (Lipinski definition) is 0. The van der Waals surface area contributed by atoms with E-state index in [0.717, 1.165) is 5.75 Å². The Morgan fingerprint density at radius 3 is 3.31 bits per heavy atom. The van der Waals surface area contributed by atoms with Crippen molar-refractivity contribution in [2.24, 2.45) is 0 Å². The molecular weight excluding hydrogens is 182 g/mol. The van der Waals surface area contributed by atoms with E-state index >= 15 is 0 Å². The molecule has 13 heavy (non-hydrogen) atoms. The van der Waals surface area contributed by atoms with Crippen LogP contribution in [0.15, 0.2) is 12.4 Å². The molecule has 3 nitrogen and oxygen atoms in total. The maximum atomic E-state index is 8.80. The van der Waals surface area contributed by atoms with Gasteiger partial charge in [0.2, 0.25) is 5.82 Å². The van der Waals surface area contributed by atoms with Gasteiger partial charge < -0.3 is 4.57 Å². The molecule has 4 heteroatoms. The van der Waals surface area contributed by atoms with Gasteiger partial charge in [-0.25, -0.2) is 4.98 Å². The van der Waals surface area contributed by atoms with Crippen LogP contribution in [0.2, 0.25) is 0 Å². The molecule has 1 aromatic heterocycles. The smallest absolute Gasteiger partial charge is 0.212 e. The fraction of sp³-hybridized carbons (Fsp3) is 0.556. The SMILES string of the molecule is N#Cc1nccn1C1CCCSC1. The van der Waals surface area contributed by atoms with Gasteiger partial charge in [0, 0.05) is 24.2 Å². The van der Waals surface area contributed by atoms with Crippen molar-refractivity contribution in [3.63, 3.8) is 0 Å². The van der Waals surface area contributed by atoms with E-state index in [-0.39, 0.29) is 0 Å². The van der Waals surface area contributed by atoms with E-state index < -0.39 is 0 Å². The van der Waals surface area contributed by atoms with Gasteiger partial charge in [0.1, 0.15) is 6.07 Å². The number of hydrogen-bond acceptors (Lipinski definition) is 3. The molecular formula is C9H11N3S. The molecule has 1 aliphatic heterocycles. The summed E-state index contributed by atoms with van der Waals surface area (Å²) in [4.78, 5) is 4.00. The molecule has 1 fully saturated rings. The van der Waals surface area contributed by atoms with Crippen LogP contribution in [0.4, 0.5) is 0 Å². The van der Waals surface area contributed by atoms with Crippen LogP contribution in [0.5, 0.6) is 0 Å². The predicted octanol–water partition coefficient (Wildman–Crippen LogP) is 1.82.